The van der Waals surface area contributed by atoms with Crippen molar-refractivity contribution in [2.45, 2.75) is 33.1 Å². The van der Waals surface area contributed by atoms with Crippen LogP contribution in [0.1, 0.15) is 33.1 Å². The van der Waals surface area contributed by atoms with E-state index >= 15 is 0 Å². The standard InChI is InChI=1S/C14H22N4O2/c1-3-8-15-13-7-6-12(18(19)20)14(16-13)17-9-4-5-11(2)10-17/h6-7,11H,3-5,8-10H2,1-2H3,(H,15,16). The van der Waals surface area contributed by atoms with Crippen molar-refractivity contribution >= 4 is 17.3 Å². The first-order valence-corrected chi connectivity index (χ1v) is 7.26. The molecule has 0 amide bonds. The van der Waals surface area contributed by atoms with Crippen LogP contribution in [-0.4, -0.2) is 29.5 Å². The first-order chi connectivity index (χ1) is 9.61. The lowest BCUT2D eigenvalue weighted by Gasteiger charge is -2.31. The predicted octanol–water partition coefficient (Wildman–Crippen LogP) is 3.05. The largest absolute Gasteiger partial charge is 0.370 e. The molecule has 20 heavy (non-hydrogen) atoms. The first kappa shape index (κ1) is 14.6. The van der Waals surface area contributed by atoms with Gasteiger partial charge >= 0.3 is 5.69 Å². The van der Waals surface area contributed by atoms with Gasteiger partial charge < -0.3 is 10.2 Å². The average molecular weight is 278 g/mol. The van der Waals surface area contributed by atoms with Gasteiger partial charge in [-0.25, -0.2) is 4.98 Å². The first-order valence-electron chi connectivity index (χ1n) is 7.26. The Morgan fingerprint density at radius 3 is 3.00 bits per heavy atom. The molecule has 1 aliphatic rings. The van der Waals surface area contributed by atoms with Crippen LogP contribution >= 0.6 is 0 Å². The number of anilines is 2. The highest BCUT2D eigenvalue weighted by Crippen LogP contribution is 2.30. The Hall–Kier alpha value is -1.85. The fourth-order valence-corrected chi connectivity index (χ4v) is 2.55. The summed E-state index contributed by atoms with van der Waals surface area (Å²) in [6.45, 7) is 6.75. The molecule has 1 fully saturated rings. The molecule has 1 saturated heterocycles. The summed E-state index contributed by atoms with van der Waals surface area (Å²) < 4.78 is 0. The van der Waals surface area contributed by atoms with E-state index in [0.717, 1.165) is 32.5 Å². The van der Waals surface area contributed by atoms with Crippen LogP contribution in [0.4, 0.5) is 17.3 Å². The molecule has 2 heterocycles. The number of pyridine rings is 1. The molecule has 1 aromatic rings. The molecular formula is C14H22N4O2. The lowest BCUT2D eigenvalue weighted by atomic mass is 10.0. The molecule has 1 unspecified atom stereocenters. The van der Waals surface area contributed by atoms with Crippen molar-refractivity contribution in [1.29, 1.82) is 0 Å². The molecule has 1 aliphatic heterocycles. The SMILES string of the molecule is CCCNc1ccc([N+](=O)[O-])c(N2CCCC(C)C2)n1. The molecule has 0 aliphatic carbocycles. The summed E-state index contributed by atoms with van der Waals surface area (Å²) in [5.74, 6) is 1.77. The second-order valence-electron chi connectivity index (χ2n) is 5.42. The Balaban J connectivity index is 2.28. The van der Waals surface area contributed by atoms with E-state index in [1.807, 2.05) is 4.90 Å². The van der Waals surface area contributed by atoms with E-state index in [1.165, 1.54) is 6.42 Å². The third-order valence-electron chi connectivity index (χ3n) is 3.56. The topological polar surface area (TPSA) is 71.3 Å². The highest BCUT2D eigenvalue weighted by Gasteiger charge is 2.25. The number of piperidine rings is 1. The van der Waals surface area contributed by atoms with Crippen LogP contribution in [0.5, 0.6) is 0 Å². The number of hydrogen-bond acceptors (Lipinski definition) is 5. The van der Waals surface area contributed by atoms with E-state index in [2.05, 4.69) is 24.1 Å². The number of rotatable bonds is 5. The number of nitrogens with one attached hydrogen (secondary N) is 1. The third kappa shape index (κ3) is 3.37. The zero-order chi connectivity index (χ0) is 14.5. The molecule has 1 N–H and O–H groups in total. The molecule has 6 heteroatoms. The molecule has 0 spiro atoms. The quantitative estimate of drug-likeness (QED) is 0.662. The monoisotopic (exact) mass is 278 g/mol. The summed E-state index contributed by atoms with van der Waals surface area (Å²) in [6, 6.07) is 3.24. The fourth-order valence-electron chi connectivity index (χ4n) is 2.55. The predicted molar refractivity (Wildman–Crippen MR) is 80.3 cm³/mol. The van der Waals surface area contributed by atoms with Crippen molar-refractivity contribution in [2.24, 2.45) is 5.92 Å². The van der Waals surface area contributed by atoms with Crippen LogP contribution in [0, 0.1) is 16.0 Å². The minimum Gasteiger partial charge on any atom is -0.370 e. The van der Waals surface area contributed by atoms with E-state index in [-0.39, 0.29) is 10.6 Å². The summed E-state index contributed by atoms with van der Waals surface area (Å²) in [5.41, 5.74) is 0.0983. The maximum absolute atomic E-state index is 11.2. The molecule has 0 radical (unpaired) electrons. The van der Waals surface area contributed by atoms with E-state index < -0.39 is 0 Å². The van der Waals surface area contributed by atoms with Crippen molar-refractivity contribution in [3.05, 3.63) is 22.2 Å². The van der Waals surface area contributed by atoms with Crippen LogP contribution in [0.2, 0.25) is 0 Å². The van der Waals surface area contributed by atoms with Gasteiger partial charge in [0.25, 0.3) is 0 Å². The smallest absolute Gasteiger partial charge is 0.311 e. The Bertz CT molecular complexity index is 478. The van der Waals surface area contributed by atoms with Gasteiger partial charge in [0.2, 0.25) is 5.82 Å². The van der Waals surface area contributed by atoms with Crippen molar-refractivity contribution in [2.75, 3.05) is 29.9 Å². The summed E-state index contributed by atoms with van der Waals surface area (Å²) in [4.78, 5) is 17.4. The van der Waals surface area contributed by atoms with Gasteiger partial charge in [-0.3, -0.25) is 10.1 Å². The molecular weight excluding hydrogens is 256 g/mol. The van der Waals surface area contributed by atoms with Gasteiger partial charge in [-0.05, 0) is 31.2 Å². The van der Waals surface area contributed by atoms with E-state index in [0.29, 0.717) is 17.6 Å². The number of nitro groups is 1. The molecule has 2 rings (SSSR count). The minimum absolute atomic E-state index is 0.0983. The van der Waals surface area contributed by atoms with Crippen molar-refractivity contribution in [3.8, 4) is 0 Å². The molecule has 1 atom stereocenters. The maximum atomic E-state index is 11.2. The van der Waals surface area contributed by atoms with Gasteiger partial charge in [0.05, 0.1) is 4.92 Å². The molecule has 6 nitrogen and oxygen atoms in total. The zero-order valence-electron chi connectivity index (χ0n) is 12.1. The number of aromatic nitrogens is 1. The van der Waals surface area contributed by atoms with Crippen LogP contribution in [0.25, 0.3) is 0 Å². The molecule has 110 valence electrons. The zero-order valence-corrected chi connectivity index (χ0v) is 12.1. The lowest BCUT2D eigenvalue weighted by Crippen LogP contribution is -2.35. The van der Waals surface area contributed by atoms with Gasteiger partial charge in [-0.2, -0.15) is 0 Å². The Kier molecular flexibility index (Phi) is 4.76. The minimum atomic E-state index is -0.342. The second kappa shape index (κ2) is 6.54. The van der Waals surface area contributed by atoms with Crippen LogP contribution in [0.15, 0.2) is 12.1 Å². The molecule has 1 aromatic heterocycles. The Labute approximate surface area is 119 Å². The summed E-state index contributed by atoms with van der Waals surface area (Å²) in [5, 5.41) is 14.4. The number of hydrogen-bond donors (Lipinski definition) is 1. The van der Waals surface area contributed by atoms with Gasteiger partial charge in [-0.1, -0.05) is 13.8 Å². The summed E-state index contributed by atoms with van der Waals surface area (Å²) in [6.07, 6.45) is 3.24. The van der Waals surface area contributed by atoms with Crippen molar-refractivity contribution in [3.63, 3.8) is 0 Å². The van der Waals surface area contributed by atoms with Gasteiger partial charge in [0, 0.05) is 25.7 Å². The van der Waals surface area contributed by atoms with Crippen molar-refractivity contribution in [1.82, 2.24) is 4.98 Å². The van der Waals surface area contributed by atoms with Crippen LogP contribution in [-0.2, 0) is 0 Å². The van der Waals surface area contributed by atoms with Gasteiger partial charge in [0.1, 0.15) is 5.82 Å². The second-order valence-corrected chi connectivity index (χ2v) is 5.42. The van der Waals surface area contributed by atoms with Crippen LogP contribution in [0.3, 0.4) is 0 Å². The van der Waals surface area contributed by atoms with E-state index in [1.54, 1.807) is 12.1 Å². The average Bonchev–Trinajstić information content (AvgIpc) is 2.44. The number of nitrogens with zero attached hydrogens (tertiary/aromatic N) is 3. The van der Waals surface area contributed by atoms with Gasteiger partial charge in [0.15, 0.2) is 0 Å². The molecule has 0 saturated carbocycles. The molecule has 0 bridgehead atoms. The Morgan fingerprint density at radius 1 is 1.55 bits per heavy atom. The third-order valence-corrected chi connectivity index (χ3v) is 3.56. The lowest BCUT2D eigenvalue weighted by molar-refractivity contribution is -0.384. The summed E-state index contributed by atoms with van der Waals surface area (Å²) in [7, 11) is 0. The van der Waals surface area contributed by atoms with E-state index in [4.69, 9.17) is 0 Å². The Morgan fingerprint density at radius 2 is 2.35 bits per heavy atom. The van der Waals surface area contributed by atoms with E-state index in [9.17, 15) is 10.1 Å². The highest BCUT2D eigenvalue weighted by molar-refractivity contribution is 5.62. The van der Waals surface area contributed by atoms with Gasteiger partial charge in [-0.15, -0.1) is 0 Å². The van der Waals surface area contributed by atoms with Crippen molar-refractivity contribution < 1.29 is 4.92 Å². The maximum Gasteiger partial charge on any atom is 0.311 e. The highest BCUT2D eigenvalue weighted by atomic mass is 16.6. The fraction of sp³-hybridized carbons (Fsp3) is 0.643. The summed E-state index contributed by atoms with van der Waals surface area (Å²) >= 11 is 0. The normalized spacial score (nSPS) is 18.9. The van der Waals surface area contributed by atoms with Crippen LogP contribution < -0.4 is 10.2 Å². The molecule has 0 aromatic carbocycles.